The van der Waals surface area contributed by atoms with Gasteiger partial charge in [-0.1, -0.05) is 39.0 Å². The van der Waals surface area contributed by atoms with Crippen LogP contribution in [0, 0.1) is 5.41 Å². The fraction of sp³-hybridized carbons (Fsp3) is 1.00. The van der Waals surface area contributed by atoms with Crippen LogP contribution in [-0.4, -0.2) is 36.8 Å². The van der Waals surface area contributed by atoms with E-state index >= 15 is 0 Å². The standard InChI is InChI=1S/C14H29NO/c1-3-4-8-11-15(2)12-14(13-16)9-6-5-7-10-14/h16H,3-13H2,1-2H3. The monoisotopic (exact) mass is 227 g/mol. The van der Waals surface area contributed by atoms with Crippen molar-refractivity contribution in [3.8, 4) is 0 Å². The van der Waals surface area contributed by atoms with Gasteiger partial charge in [-0.05, 0) is 32.9 Å². The van der Waals surface area contributed by atoms with Crippen molar-refractivity contribution < 1.29 is 5.11 Å². The highest BCUT2D eigenvalue weighted by atomic mass is 16.3. The van der Waals surface area contributed by atoms with Gasteiger partial charge in [0, 0.05) is 18.6 Å². The van der Waals surface area contributed by atoms with E-state index in [4.69, 9.17) is 0 Å². The van der Waals surface area contributed by atoms with Gasteiger partial charge in [0.2, 0.25) is 0 Å². The van der Waals surface area contributed by atoms with Gasteiger partial charge >= 0.3 is 0 Å². The largest absolute Gasteiger partial charge is 0.396 e. The Bertz CT molecular complexity index is 176. The van der Waals surface area contributed by atoms with Crippen LogP contribution in [0.4, 0.5) is 0 Å². The average molecular weight is 227 g/mol. The van der Waals surface area contributed by atoms with Gasteiger partial charge in [0.15, 0.2) is 0 Å². The number of hydrogen-bond acceptors (Lipinski definition) is 2. The summed E-state index contributed by atoms with van der Waals surface area (Å²) in [6.45, 7) is 4.91. The van der Waals surface area contributed by atoms with Crippen LogP contribution in [0.3, 0.4) is 0 Å². The van der Waals surface area contributed by atoms with Crippen LogP contribution in [0.5, 0.6) is 0 Å². The van der Waals surface area contributed by atoms with Crippen LogP contribution in [0.15, 0.2) is 0 Å². The molecule has 0 spiro atoms. The van der Waals surface area contributed by atoms with Crippen LogP contribution >= 0.6 is 0 Å². The number of aliphatic hydroxyl groups is 1. The summed E-state index contributed by atoms with van der Waals surface area (Å²) >= 11 is 0. The van der Waals surface area contributed by atoms with Crippen molar-refractivity contribution in [2.45, 2.75) is 58.3 Å². The highest BCUT2D eigenvalue weighted by molar-refractivity contribution is 4.84. The third-order valence-corrected chi connectivity index (χ3v) is 4.00. The molecular formula is C14H29NO. The maximum Gasteiger partial charge on any atom is 0.0499 e. The highest BCUT2D eigenvalue weighted by Crippen LogP contribution is 2.36. The highest BCUT2D eigenvalue weighted by Gasteiger charge is 2.32. The number of aliphatic hydroxyl groups excluding tert-OH is 1. The molecule has 2 nitrogen and oxygen atoms in total. The molecule has 0 unspecified atom stereocenters. The number of rotatable bonds is 7. The Kier molecular flexibility index (Phi) is 6.37. The Balaban J connectivity index is 2.30. The lowest BCUT2D eigenvalue weighted by molar-refractivity contribution is 0.0481. The molecule has 1 aliphatic carbocycles. The fourth-order valence-corrected chi connectivity index (χ4v) is 2.95. The molecule has 0 radical (unpaired) electrons. The molecule has 0 atom stereocenters. The van der Waals surface area contributed by atoms with Gasteiger partial charge in [-0.3, -0.25) is 0 Å². The number of hydrogen-bond donors (Lipinski definition) is 1. The van der Waals surface area contributed by atoms with Gasteiger partial charge in [0.1, 0.15) is 0 Å². The van der Waals surface area contributed by atoms with Crippen LogP contribution in [0.2, 0.25) is 0 Å². The molecule has 0 aromatic carbocycles. The maximum atomic E-state index is 9.64. The molecule has 0 aromatic heterocycles. The maximum absolute atomic E-state index is 9.64. The van der Waals surface area contributed by atoms with Crippen molar-refractivity contribution in [3.05, 3.63) is 0 Å². The Morgan fingerprint density at radius 3 is 2.38 bits per heavy atom. The summed E-state index contributed by atoms with van der Waals surface area (Å²) in [6.07, 6.45) is 10.3. The van der Waals surface area contributed by atoms with Crippen molar-refractivity contribution in [2.75, 3.05) is 26.7 Å². The van der Waals surface area contributed by atoms with Gasteiger partial charge in [-0.15, -0.1) is 0 Å². The molecular weight excluding hydrogens is 198 g/mol. The van der Waals surface area contributed by atoms with Crippen molar-refractivity contribution in [1.82, 2.24) is 4.90 Å². The van der Waals surface area contributed by atoms with Crippen LogP contribution in [-0.2, 0) is 0 Å². The van der Waals surface area contributed by atoms with E-state index in [1.54, 1.807) is 0 Å². The lowest BCUT2D eigenvalue weighted by Crippen LogP contribution is -2.40. The zero-order valence-corrected chi connectivity index (χ0v) is 11.2. The lowest BCUT2D eigenvalue weighted by Gasteiger charge is -2.38. The van der Waals surface area contributed by atoms with E-state index in [0.29, 0.717) is 6.61 Å². The summed E-state index contributed by atoms with van der Waals surface area (Å²) in [5.74, 6) is 0. The average Bonchev–Trinajstić information content (AvgIpc) is 2.30. The summed E-state index contributed by atoms with van der Waals surface area (Å²) in [4.78, 5) is 2.43. The van der Waals surface area contributed by atoms with E-state index in [1.165, 1.54) is 57.9 Å². The number of nitrogens with zero attached hydrogens (tertiary/aromatic N) is 1. The molecule has 96 valence electrons. The molecule has 2 heteroatoms. The summed E-state index contributed by atoms with van der Waals surface area (Å²) < 4.78 is 0. The quantitative estimate of drug-likeness (QED) is 0.676. The number of unbranched alkanes of at least 4 members (excludes halogenated alkanes) is 2. The lowest BCUT2D eigenvalue weighted by atomic mass is 9.74. The van der Waals surface area contributed by atoms with Crippen molar-refractivity contribution in [2.24, 2.45) is 5.41 Å². The van der Waals surface area contributed by atoms with Crippen molar-refractivity contribution >= 4 is 0 Å². The summed E-state index contributed by atoms with van der Waals surface area (Å²) in [5, 5.41) is 9.64. The van der Waals surface area contributed by atoms with Crippen molar-refractivity contribution in [3.63, 3.8) is 0 Å². The third kappa shape index (κ3) is 4.42. The van der Waals surface area contributed by atoms with Crippen molar-refractivity contribution in [1.29, 1.82) is 0 Å². The SMILES string of the molecule is CCCCCN(C)CC1(CO)CCCCC1. The van der Waals surface area contributed by atoms with Crippen LogP contribution in [0.25, 0.3) is 0 Å². The predicted molar refractivity (Wildman–Crippen MR) is 69.6 cm³/mol. The topological polar surface area (TPSA) is 23.5 Å². The first-order valence-corrected chi connectivity index (χ1v) is 7.02. The molecule has 0 amide bonds. The second-order valence-corrected chi connectivity index (χ2v) is 5.66. The molecule has 1 rings (SSSR count). The molecule has 0 aliphatic heterocycles. The third-order valence-electron chi connectivity index (χ3n) is 4.00. The molecule has 0 heterocycles. The first-order valence-electron chi connectivity index (χ1n) is 7.02. The van der Waals surface area contributed by atoms with E-state index in [0.717, 1.165) is 6.54 Å². The molecule has 0 aromatic rings. The van der Waals surface area contributed by atoms with Gasteiger partial charge in [-0.25, -0.2) is 0 Å². The summed E-state index contributed by atoms with van der Waals surface area (Å²) in [7, 11) is 2.21. The minimum atomic E-state index is 0.221. The zero-order chi connectivity index (χ0) is 11.9. The first kappa shape index (κ1) is 14.0. The van der Waals surface area contributed by atoms with Gasteiger partial charge < -0.3 is 10.0 Å². The minimum absolute atomic E-state index is 0.221. The molecule has 1 saturated carbocycles. The van der Waals surface area contributed by atoms with E-state index < -0.39 is 0 Å². The first-order chi connectivity index (χ1) is 7.72. The minimum Gasteiger partial charge on any atom is -0.396 e. The van der Waals surface area contributed by atoms with E-state index in [9.17, 15) is 5.11 Å². The van der Waals surface area contributed by atoms with E-state index in [-0.39, 0.29) is 5.41 Å². The molecule has 0 bridgehead atoms. The van der Waals surface area contributed by atoms with E-state index in [2.05, 4.69) is 18.9 Å². The Hall–Kier alpha value is -0.0800. The Morgan fingerprint density at radius 1 is 1.12 bits per heavy atom. The fourth-order valence-electron chi connectivity index (χ4n) is 2.95. The zero-order valence-electron chi connectivity index (χ0n) is 11.2. The Morgan fingerprint density at radius 2 is 1.81 bits per heavy atom. The molecule has 1 fully saturated rings. The van der Waals surface area contributed by atoms with Gasteiger partial charge in [0.25, 0.3) is 0 Å². The van der Waals surface area contributed by atoms with E-state index in [1.807, 2.05) is 0 Å². The molecule has 16 heavy (non-hydrogen) atoms. The second kappa shape index (κ2) is 7.29. The van der Waals surface area contributed by atoms with Crippen LogP contribution < -0.4 is 0 Å². The molecule has 1 N–H and O–H groups in total. The normalized spacial score (nSPS) is 20.2. The van der Waals surface area contributed by atoms with Crippen LogP contribution in [0.1, 0.15) is 58.3 Å². The smallest absolute Gasteiger partial charge is 0.0499 e. The predicted octanol–water partition coefficient (Wildman–Crippen LogP) is 3.05. The summed E-state index contributed by atoms with van der Waals surface area (Å²) in [5.41, 5.74) is 0.221. The molecule has 0 saturated heterocycles. The summed E-state index contributed by atoms with van der Waals surface area (Å²) in [6, 6.07) is 0. The van der Waals surface area contributed by atoms with Gasteiger partial charge in [-0.2, -0.15) is 0 Å². The van der Waals surface area contributed by atoms with Gasteiger partial charge in [0.05, 0.1) is 0 Å². The Labute approximate surface area is 101 Å². The molecule has 1 aliphatic rings. The second-order valence-electron chi connectivity index (χ2n) is 5.66.